The Balaban J connectivity index is 2.05. The number of nitrogens with zero attached hydrogens (tertiary/aromatic N) is 3. The largest absolute Gasteiger partial charge is 0.508 e. The van der Waals surface area contributed by atoms with Crippen LogP contribution in [-0.4, -0.2) is 20.1 Å². The highest BCUT2D eigenvalue weighted by Crippen LogP contribution is 2.21. The second-order valence-electron chi connectivity index (χ2n) is 4.26. The van der Waals surface area contributed by atoms with Crippen LogP contribution in [0.25, 0.3) is 0 Å². The van der Waals surface area contributed by atoms with Gasteiger partial charge in [-0.25, -0.2) is 0 Å². The standard InChI is InChI=1S/C13H17N3O/c1-3-16-9-12(14-15-16)8-10(2)11-4-6-13(17)7-5-11/h4-7,9-10,17H,3,8H2,1-2H3. The fraction of sp³-hybridized carbons (Fsp3) is 0.385. The van der Waals surface area contributed by atoms with Crippen molar-refractivity contribution in [3.05, 3.63) is 41.7 Å². The van der Waals surface area contributed by atoms with Gasteiger partial charge in [0.25, 0.3) is 0 Å². The molecule has 0 spiro atoms. The summed E-state index contributed by atoms with van der Waals surface area (Å²) in [5.41, 5.74) is 2.21. The number of aromatic hydroxyl groups is 1. The Kier molecular flexibility index (Phi) is 3.42. The van der Waals surface area contributed by atoms with Crippen molar-refractivity contribution in [3.8, 4) is 5.75 Å². The molecule has 2 rings (SSSR count). The molecular formula is C13H17N3O. The van der Waals surface area contributed by atoms with Crippen LogP contribution in [0, 0.1) is 0 Å². The Hall–Kier alpha value is -1.84. The zero-order valence-corrected chi connectivity index (χ0v) is 10.2. The van der Waals surface area contributed by atoms with Crippen LogP contribution >= 0.6 is 0 Å². The van der Waals surface area contributed by atoms with E-state index in [9.17, 15) is 5.11 Å². The van der Waals surface area contributed by atoms with Crippen molar-refractivity contribution in [2.45, 2.75) is 32.7 Å². The molecule has 0 aliphatic carbocycles. The third-order valence-corrected chi connectivity index (χ3v) is 2.89. The van der Waals surface area contributed by atoms with Crippen LogP contribution in [0.2, 0.25) is 0 Å². The van der Waals surface area contributed by atoms with Crippen LogP contribution in [0.3, 0.4) is 0 Å². The molecule has 1 aromatic heterocycles. The van der Waals surface area contributed by atoms with E-state index >= 15 is 0 Å². The van der Waals surface area contributed by atoms with E-state index in [4.69, 9.17) is 0 Å². The van der Waals surface area contributed by atoms with Crippen molar-refractivity contribution in [1.82, 2.24) is 15.0 Å². The molecule has 1 unspecified atom stereocenters. The van der Waals surface area contributed by atoms with Crippen molar-refractivity contribution in [2.24, 2.45) is 0 Å². The van der Waals surface area contributed by atoms with Gasteiger partial charge in [-0.05, 0) is 37.0 Å². The van der Waals surface area contributed by atoms with Gasteiger partial charge in [-0.15, -0.1) is 5.10 Å². The lowest BCUT2D eigenvalue weighted by Gasteiger charge is -2.09. The molecule has 4 heteroatoms. The lowest BCUT2D eigenvalue weighted by molar-refractivity contribution is 0.475. The molecule has 0 saturated carbocycles. The Morgan fingerprint density at radius 2 is 2.00 bits per heavy atom. The topological polar surface area (TPSA) is 50.9 Å². The van der Waals surface area contributed by atoms with Gasteiger partial charge < -0.3 is 5.11 Å². The number of hydrogen-bond donors (Lipinski definition) is 1. The van der Waals surface area contributed by atoms with E-state index in [2.05, 4.69) is 17.2 Å². The van der Waals surface area contributed by atoms with E-state index in [0.29, 0.717) is 11.7 Å². The first-order valence-corrected chi connectivity index (χ1v) is 5.87. The lowest BCUT2D eigenvalue weighted by atomic mass is 9.96. The van der Waals surface area contributed by atoms with Crippen LogP contribution in [0.15, 0.2) is 30.5 Å². The molecule has 0 bridgehead atoms. The van der Waals surface area contributed by atoms with E-state index in [1.807, 2.05) is 29.9 Å². The Labute approximate surface area is 101 Å². The molecule has 2 aromatic rings. The van der Waals surface area contributed by atoms with Gasteiger partial charge >= 0.3 is 0 Å². The van der Waals surface area contributed by atoms with Gasteiger partial charge in [0.05, 0.1) is 5.69 Å². The average Bonchev–Trinajstić information content (AvgIpc) is 2.77. The van der Waals surface area contributed by atoms with E-state index in [1.54, 1.807) is 12.1 Å². The van der Waals surface area contributed by atoms with Gasteiger partial charge in [0.1, 0.15) is 5.75 Å². The number of rotatable bonds is 4. The maximum absolute atomic E-state index is 9.24. The molecule has 0 aliphatic rings. The quantitative estimate of drug-likeness (QED) is 0.878. The van der Waals surface area contributed by atoms with E-state index < -0.39 is 0 Å². The number of aromatic nitrogens is 3. The molecular weight excluding hydrogens is 214 g/mol. The van der Waals surface area contributed by atoms with E-state index in [0.717, 1.165) is 18.7 Å². The second-order valence-corrected chi connectivity index (χ2v) is 4.26. The molecule has 0 radical (unpaired) electrons. The predicted octanol–water partition coefficient (Wildman–Crippen LogP) is 2.35. The third kappa shape index (κ3) is 2.84. The fourth-order valence-corrected chi connectivity index (χ4v) is 1.82. The summed E-state index contributed by atoms with van der Waals surface area (Å²) in [4.78, 5) is 0. The summed E-state index contributed by atoms with van der Waals surface area (Å²) in [5, 5.41) is 17.4. The van der Waals surface area contributed by atoms with Crippen LogP contribution in [0.4, 0.5) is 0 Å². The van der Waals surface area contributed by atoms with Gasteiger partial charge in [0.2, 0.25) is 0 Å². The molecule has 0 fully saturated rings. The molecule has 4 nitrogen and oxygen atoms in total. The molecule has 0 aliphatic heterocycles. The van der Waals surface area contributed by atoms with Crippen LogP contribution < -0.4 is 0 Å². The number of phenols is 1. The molecule has 17 heavy (non-hydrogen) atoms. The third-order valence-electron chi connectivity index (χ3n) is 2.89. The molecule has 1 heterocycles. The minimum absolute atomic E-state index is 0.304. The summed E-state index contributed by atoms with van der Waals surface area (Å²) < 4.78 is 1.83. The molecule has 0 amide bonds. The maximum atomic E-state index is 9.24. The van der Waals surface area contributed by atoms with Gasteiger partial charge in [0, 0.05) is 12.7 Å². The minimum atomic E-state index is 0.304. The number of hydrogen-bond acceptors (Lipinski definition) is 3. The van der Waals surface area contributed by atoms with Crippen molar-refractivity contribution < 1.29 is 5.11 Å². The van der Waals surface area contributed by atoms with Crippen LogP contribution in [0.1, 0.15) is 31.0 Å². The molecule has 1 N–H and O–H groups in total. The maximum Gasteiger partial charge on any atom is 0.115 e. The summed E-state index contributed by atoms with van der Waals surface area (Å²) in [7, 11) is 0. The average molecular weight is 231 g/mol. The Bertz CT molecular complexity index is 476. The van der Waals surface area contributed by atoms with Crippen LogP contribution in [-0.2, 0) is 13.0 Å². The van der Waals surface area contributed by atoms with Crippen molar-refractivity contribution in [2.75, 3.05) is 0 Å². The summed E-state index contributed by atoms with van der Waals surface area (Å²) in [5.74, 6) is 0.676. The monoisotopic (exact) mass is 231 g/mol. The first-order chi connectivity index (χ1) is 8.19. The summed E-state index contributed by atoms with van der Waals surface area (Å²) in [6.07, 6.45) is 2.85. The highest BCUT2D eigenvalue weighted by molar-refractivity contribution is 5.28. The van der Waals surface area contributed by atoms with Crippen molar-refractivity contribution >= 4 is 0 Å². The first kappa shape index (κ1) is 11.6. The van der Waals surface area contributed by atoms with Gasteiger partial charge in [-0.3, -0.25) is 4.68 Å². The number of aryl methyl sites for hydroxylation is 1. The lowest BCUT2D eigenvalue weighted by Crippen LogP contribution is -1.98. The predicted molar refractivity (Wildman–Crippen MR) is 65.9 cm³/mol. The number of phenolic OH excluding ortho intramolecular Hbond substituents is 1. The zero-order chi connectivity index (χ0) is 12.3. The normalized spacial score (nSPS) is 12.6. The minimum Gasteiger partial charge on any atom is -0.508 e. The highest BCUT2D eigenvalue weighted by Gasteiger charge is 2.09. The van der Waals surface area contributed by atoms with Crippen molar-refractivity contribution in [1.29, 1.82) is 0 Å². The Morgan fingerprint density at radius 3 is 2.59 bits per heavy atom. The molecule has 1 atom stereocenters. The molecule has 90 valence electrons. The highest BCUT2D eigenvalue weighted by atomic mass is 16.3. The second kappa shape index (κ2) is 4.99. The smallest absolute Gasteiger partial charge is 0.115 e. The summed E-state index contributed by atoms with van der Waals surface area (Å²) >= 11 is 0. The molecule has 1 aromatic carbocycles. The first-order valence-electron chi connectivity index (χ1n) is 5.87. The summed E-state index contributed by atoms with van der Waals surface area (Å²) in [6, 6.07) is 7.33. The van der Waals surface area contributed by atoms with Crippen molar-refractivity contribution in [3.63, 3.8) is 0 Å². The van der Waals surface area contributed by atoms with E-state index in [-0.39, 0.29) is 0 Å². The SMILES string of the molecule is CCn1cc(CC(C)c2ccc(O)cc2)nn1. The molecule has 0 saturated heterocycles. The zero-order valence-electron chi connectivity index (χ0n) is 10.2. The Morgan fingerprint density at radius 1 is 1.29 bits per heavy atom. The summed E-state index contributed by atoms with van der Waals surface area (Å²) in [6.45, 7) is 5.04. The van der Waals surface area contributed by atoms with Crippen LogP contribution in [0.5, 0.6) is 5.75 Å². The van der Waals surface area contributed by atoms with Gasteiger partial charge in [0.15, 0.2) is 0 Å². The van der Waals surface area contributed by atoms with Gasteiger partial charge in [-0.1, -0.05) is 24.3 Å². The van der Waals surface area contributed by atoms with E-state index in [1.165, 1.54) is 5.56 Å². The number of benzene rings is 1. The van der Waals surface area contributed by atoms with Gasteiger partial charge in [-0.2, -0.15) is 0 Å². The fourth-order valence-electron chi connectivity index (χ4n) is 1.82.